The molecule has 162 valence electrons. The molecule has 1 N–H and O–H groups in total. The standard InChI is InChI=1S/C20H23ClFN3O4S/c1-29-15-5-7-16(8-6-15)30(27,28)25-13-11-24(12-14-25)10-9-23-20(26)19-17(21)3-2-4-18(19)22/h2-8H,9-14H2,1H3,(H,23,26). The minimum Gasteiger partial charge on any atom is -0.497 e. The molecular weight excluding hydrogens is 433 g/mol. The minimum atomic E-state index is -3.56. The third-order valence-corrected chi connectivity index (χ3v) is 7.16. The molecular formula is C20H23ClFN3O4S. The molecule has 0 bridgehead atoms. The summed E-state index contributed by atoms with van der Waals surface area (Å²) < 4.78 is 45.9. The van der Waals surface area contributed by atoms with Crippen LogP contribution in [-0.4, -0.2) is 69.9 Å². The van der Waals surface area contributed by atoms with E-state index in [0.717, 1.165) is 0 Å². The van der Waals surface area contributed by atoms with Crippen LogP contribution in [0.4, 0.5) is 4.39 Å². The van der Waals surface area contributed by atoms with Gasteiger partial charge in [0, 0.05) is 39.3 Å². The van der Waals surface area contributed by atoms with Crippen molar-refractivity contribution in [2.45, 2.75) is 4.90 Å². The Bertz CT molecular complexity index is 973. The van der Waals surface area contributed by atoms with Crippen LogP contribution in [0.2, 0.25) is 5.02 Å². The first kappa shape index (κ1) is 22.5. The topological polar surface area (TPSA) is 79.0 Å². The molecule has 0 atom stereocenters. The summed E-state index contributed by atoms with van der Waals surface area (Å²) in [5, 5.41) is 2.72. The van der Waals surface area contributed by atoms with E-state index in [1.807, 2.05) is 4.90 Å². The molecule has 30 heavy (non-hydrogen) atoms. The number of methoxy groups -OCH3 is 1. The predicted molar refractivity (Wildman–Crippen MR) is 112 cm³/mol. The molecule has 1 saturated heterocycles. The molecule has 7 nitrogen and oxygen atoms in total. The number of nitrogens with one attached hydrogen (secondary N) is 1. The van der Waals surface area contributed by atoms with Gasteiger partial charge in [-0.1, -0.05) is 17.7 Å². The van der Waals surface area contributed by atoms with Gasteiger partial charge < -0.3 is 10.1 Å². The van der Waals surface area contributed by atoms with Crippen LogP contribution in [0.5, 0.6) is 5.75 Å². The first-order valence-corrected chi connectivity index (χ1v) is 11.2. The fourth-order valence-corrected chi connectivity index (χ4v) is 4.89. The smallest absolute Gasteiger partial charge is 0.255 e. The van der Waals surface area contributed by atoms with Gasteiger partial charge in [-0.05, 0) is 36.4 Å². The predicted octanol–water partition coefficient (Wildman–Crippen LogP) is 2.22. The molecule has 2 aromatic rings. The summed E-state index contributed by atoms with van der Waals surface area (Å²) in [6.07, 6.45) is 0. The lowest BCUT2D eigenvalue weighted by atomic mass is 10.2. The summed E-state index contributed by atoms with van der Waals surface area (Å²) in [6, 6.07) is 10.4. The molecule has 1 aliphatic rings. The van der Waals surface area contributed by atoms with E-state index in [2.05, 4.69) is 5.32 Å². The maximum atomic E-state index is 13.8. The van der Waals surface area contributed by atoms with Crippen LogP contribution < -0.4 is 10.1 Å². The first-order valence-electron chi connectivity index (χ1n) is 9.41. The van der Waals surface area contributed by atoms with Crippen LogP contribution in [0.3, 0.4) is 0 Å². The minimum absolute atomic E-state index is 0.0600. The number of hydrogen-bond acceptors (Lipinski definition) is 5. The Morgan fingerprint density at radius 2 is 1.80 bits per heavy atom. The Kier molecular flexibility index (Phi) is 7.30. The van der Waals surface area contributed by atoms with Crippen LogP contribution in [-0.2, 0) is 10.0 Å². The van der Waals surface area contributed by atoms with Gasteiger partial charge in [-0.3, -0.25) is 9.69 Å². The average Bonchev–Trinajstić information content (AvgIpc) is 2.74. The largest absolute Gasteiger partial charge is 0.497 e. The number of carbonyl (C=O) groups is 1. The Hall–Kier alpha value is -2.20. The van der Waals surface area contributed by atoms with Crippen LogP contribution in [0, 0.1) is 5.82 Å². The molecule has 0 saturated carbocycles. The van der Waals surface area contributed by atoms with Crippen molar-refractivity contribution in [2.75, 3.05) is 46.4 Å². The van der Waals surface area contributed by atoms with E-state index in [1.165, 1.54) is 41.7 Å². The lowest BCUT2D eigenvalue weighted by Gasteiger charge is -2.34. The maximum Gasteiger partial charge on any atom is 0.255 e. The number of amides is 1. The molecule has 0 aromatic heterocycles. The number of sulfonamides is 1. The van der Waals surface area contributed by atoms with E-state index in [4.69, 9.17) is 16.3 Å². The molecule has 1 amide bonds. The zero-order valence-corrected chi connectivity index (χ0v) is 18.0. The number of hydrogen-bond donors (Lipinski definition) is 1. The Morgan fingerprint density at radius 1 is 1.13 bits per heavy atom. The quantitative estimate of drug-likeness (QED) is 0.692. The summed E-state index contributed by atoms with van der Waals surface area (Å²) in [7, 11) is -2.04. The highest BCUT2D eigenvalue weighted by atomic mass is 35.5. The van der Waals surface area contributed by atoms with Gasteiger partial charge in [0.1, 0.15) is 11.6 Å². The number of piperazine rings is 1. The lowest BCUT2D eigenvalue weighted by molar-refractivity contribution is 0.0941. The van der Waals surface area contributed by atoms with Crippen molar-refractivity contribution >= 4 is 27.5 Å². The van der Waals surface area contributed by atoms with Crippen LogP contribution in [0.25, 0.3) is 0 Å². The van der Waals surface area contributed by atoms with Gasteiger partial charge in [0.2, 0.25) is 10.0 Å². The molecule has 3 rings (SSSR count). The van der Waals surface area contributed by atoms with Crippen LogP contribution in [0.1, 0.15) is 10.4 Å². The second-order valence-corrected chi connectivity index (χ2v) is 9.12. The highest BCUT2D eigenvalue weighted by Crippen LogP contribution is 2.21. The molecule has 10 heteroatoms. The molecule has 0 aliphatic carbocycles. The van der Waals surface area contributed by atoms with Crippen molar-refractivity contribution in [1.29, 1.82) is 0 Å². The van der Waals surface area contributed by atoms with Crippen molar-refractivity contribution in [3.63, 3.8) is 0 Å². The highest BCUT2D eigenvalue weighted by molar-refractivity contribution is 7.89. The van der Waals surface area contributed by atoms with E-state index >= 15 is 0 Å². The lowest BCUT2D eigenvalue weighted by Crippen LogP contribution is -2.50. The summed E-state index contributed by atoms with van der Waals surface area (Å²) in [5.74, 6) is -0.645. The van der Waals surface area contributed by atoms with Crippen molar-refractivity contribution in [3.05, 3.63) is 58.9 Å². The third-order valence-electron chi connectivity index (χ3n) is 4.93. The molecule has 0 radical (unpaired) electrons. The zero-order valence-electron chi connectivity index (χ0n) is 16.5. The average molecular weight is 456 g/mol. The number of benzene rings is 2. The first-order chi connectivity index (χ1) is 14.3. The number of ether oxygens (including phenoxy) is 1. The molecule has 1 aliphatic heterocycles. The fraction of sp³-hybridized carbons (Fsp3) is 0.350. The van der Waals surface area contributed by atoms with E-state index < -0.39 is 21.7 Å². The fourth-order valence-electron chi connectivity index (χ4n) is 3.22. The van der Waals surface area contributed by atoms with Gasteiger partial charge in [-0.2, -0.15) is 4.31 Å². The van der Waals surface area contributed by atoms with Crippen molar-refractivity contribution in [3.8, 4) is 5.75 Å². The normalized spacial score (nSPS) is 15.7. The summed E-state index contributed by atoms with van der Waals surface area (Å²) in [5.41, 5.74) is -0.172. The number of nitrogens with zero attached hydrogens (tertiary/aromatic N) is 2. The number of rotatable bonds is 7. The monoisotopic (exact) mass is 455 g/mol. The second kappa shape index (κ2) is 9.74. The maximum absolute atomic E-state index is 13.8. The Balaban J connectivity index is 1.49. The Morgan fingerprint density at radius 3 is 2.40 bits per heavy atom. The zero-order chi connectivity index (χ0) is 21.7. The highest BCUT2D eigenvalue weighted by Gasteiger charge is 2.28. The van der Waals surface area contributed by atoms with Crippen molar-refractivity contribution in [1.82, 2.24) is 14.5 Å². The SMILES string of the molecule is COc1ccc(S(=O)(=O)N2CCN(CCNC(=O)c3c(F)cccc3Cl)CC2)cc1. The second-order valence-electron chi connectivity index (χ2n) is 6.77. The van der Waals surface area contributed by atoms with Gasteiger partial charge in [0.05, 0.1) is 22.6 Å². The third kappa shape index (κ3) is 5.10. The van der Waals surface area contributed by atoms with Crippen molar-refractivity contribution in [2.24, 2.45) is 0 Å². The van der Waals surface area contributed by atoms with Gasteiger partial charge >= 0.3 is 0 Å². The summed E-state index contributed by atoms with van der Waals surface area (Å²) >= 11 is 5.90. The van der Waals surface area contributed by atoms with E-state index in [0.29, 0.717) is 45.0 Å². The number of halogens is 2. The molecule has 2 aromatic carbocycles. The van der Waals surface area contributed by atoms with Crippen LogP contribution >= 0.6 is 11.6 Å². The molecule has 0 unspecified atom stereocenters. The van der Waals surface area contributed by atoms with Gasteiger partial charge in [-0.15, -0.1) is 0 Å². The van der Waals surface area contributed by atoms with E-state index in [1.54, 1.807) is 12.1 Å². The van der Waals surface area contributed by atoms with E-state index in [-0.39, 0.29) is 15.5 Å². The molecule has 1 heterocycles. The van der Waals surface area contributed by atoms with Gasteiger partial charge in [0.15, 0.2) is 0 Å². The van der Waals surface area contributed by atoms with Crippen LogP contribution in [0.15, 0.2) is 47.4 Å². The van der Waals surface area contributed by atoms with Gasteiger partial charge in [0.25, 0.3) is 5.91 Å². The molecule has 0 spiro atoms. The Labute approximate surface area is 180 Å². The van der Waals surface area contributed by atoms with Gasteiger partial charge in [-0.25, -0.2) is 12.8 Å². The summed E-state index contributed by atoms with van der Waals surface area (Å²) in [6.45, 7) is 2.59. The van der Waals surface area contributed by atoms with E-state index in [9.17, 15) is 17.6 Å². The number of carbonyl (C=O) groups excluding carboxylic acids is 1. The summed E-state index contributed by atoms with van der Waals surface area (Å²) in [4.78, 5) is 14.4. The molecule has 1 fully saturated rings. The van der Waals surface area contributed by atoms with Crippen molar-refractivity contribution < 1.29 is 22.3 Å².